The van der Waals surface area contributed by atoms with Crippen molar-refractivity contribution >= 4 is 17.5 Å². The Bertz CT molecular complexity index is 943. The van der Waals surface area contributed by atoms with Crippen LogP contribution in [-0.4, -0.2) is 73.5 Å². The van der Waals surface area contributed by atoms with E-state index in [2.05, 4.69) is 38.3 Å². The molecule has 1 N–H and O–H groups in total. The number of aromatic nitrogens is 2. The van der Waals surface area contributed by atoms with Gasteiger partial charge in [-0.15, -0.1) is 0 Å². The second-order valence-corrected chi connectivity index (χ2v) is 8.41. The number of nitrogens with zero attached hydrogens (tertiary/aromatic N) is 5. The molecule has 2 aromatic heterocycles. The van der Waals surface area contributed by atoms with Gasteiger partial charge in [-0.3, -0.25) is 4.90 Å². The minimum atomic E-state index is 0.513. The monoisotopic (exact) mass is 420 g/mol. The van der Waals surface area contributed by atoms with Crippen LogP contribution >= 0.6 is 0 Å². The van der Waals surface area contributed by atoms with Crippen molar-refractivity contribution in [2.24, 2.45) is 0 Å². The Morgan fingerprint density at radius 2 is 1.81 bits per heavy atom. The molecule has 0 aromatic carbocycles. The minimum absolute atomic E-state index is 0.513. The van der Waals surface area contributed by atoms with Crippen molar-refractivity contribution in [1.29, 1.82) is 5.26 Å². The summed E-state index contributed by atoms with van der Waals surface area (Å²) in [7, 11) is 0. The van der Waals surface area contributed by atoms with Gasteiger partial charge in [0.15, 0.2) is 0 Å². The molecule has 0 spiro atoms. The van der Waals surface area contributed by atoms with Crippen molar-refractivity contribution in [3.8, 4) is 6.07 Å². The molecular weight excluding hydrogens is 392 g/mol. The van der Waals surface area contributed by atoms with E-state index >= 15 is 0 Å². The summed E-state index contributed by atoms with van der Waals surface area (Å²) in [5.41, 5.74) is 1.90. The Balaban J connectivity index is 1.38. The van der Waals surface area contributed by atoms with E-state index in [1.165, 1.54) is 5.56 Å². The molecule has 5 heterocycles. The van der Waals surface area contributed by atoms with Crippen LogP contribution in [0.3, 0.4) is 0 Å². The molecule has 0 aliphatic carbocycles. The average Bonchev–Trinajstić information content (AvgIpc) is 2.79. The number of morpholine rings is 1. The number of piperidine rings is 1. The number of likely N-dealkylation sites (tertiary alicyclic amines) is 1. The predicted octanol–water partition coefficient (Wildman–Crippen LogP) is 2.51. The highest BCUT2D eigenvalue weighted by molar-refractivity contribution is 5.59. The molecule has 0 unspecified atom stereocenters. The fraction of sp³-hybridized carbons (Fsp3) is 0.522. The van der Waals surface area contributed by atoms with Gasteiger partial charge in [-0.05, 0) is 61.7 Å². The van der Waals surface area contributed by atoms with E-state index in [1.807, 2.05) is 0 Å². The first-order chi connectivity index (χ1) is 15.3. The van der Waals surface area contributed by atoms with Crippen molar-refractivity contribution < 1.29 is 9.47 Å². The van der Waals surface area contributed by atoms with Crippen LogP contribution < -0.4 is 10.2 Å². The van der Waals surface area contributed by atoms with E-state index in [0.717, 1.165) is 77.1 Å². The van der Waals surface area contributed by atoms with Gasteiger partial charge in [0.1, 0.15) is 17.5 Å². The van der Waals surface area contributed by atoms with E-state index in [1.54, 1.807) is 18.3 Å². The zero-order chi connectivity index (χ0) is 21.0. The highest BCUT2D eigenvalue weighted by atomic mass is 16.5. The molecule has 2 aromatic rings. The molecule has 0 radical (unpaired) electrons. The maximum absolute atomic E-state index is 9.19. The van der Waals surface area contributed by atoms with E-state index in [4.69, 9.17) is 14.5 Å². The van der Waals surface area contributed by atoms with Gasteiger partial charge in [-0.1, -0.05) is 0 Å². The molecule has 5 rings (SSSR count). The first-order valence-corrected chi connectivity index (χ1v) is 11.1. The lowest BCUT2D eigenvalue weighted by molar-refractivity contribution is -0.0712. The standard InChI is InChI=1S/C23H28N6O2/c24-14-17-1-4-25-21(11-17)26-22-12-19(13-23(27-22)29-7-9-30-10-8-29)18-2-5-28(6-3-18)20-15-31-16-20/h1,4,11-13,18,20H,2-3,5-10,15-16H2,(H,25,26,27). The molecule has 8 nitrogen and oxygen atoms in total. The van der Waals surface area contributed by atoms with Crippen LogP contribution in [0.4, 0.5) is 17.5 Å². The van der Waals surface area contributed by atoms with Crippen molar-refractivity contribution in [2.45, 2.75) is 24.8 Å². The molecule has 31 heavy (non-hydrogen) atoms. The van der Waals surface area contributed by atoms with Gasteiger partial charge in [0.05, 0.1) is 44.1 Å². The SMILES string of the molecule is N#Cc1ccnc(Nc2cc(C3CCN(C4COC4)CC3)cc(N3CCOCC3)n2)c1. The van der Waals surface area contributed by atoms with Crippen LogP contribution in [0.5, 0.6) is 0 Å². The molecule has 3 fully saturated rings. The molecule has 3 saturated heterocycles. The number of anilines is 3. The van der Waals surface area contributed by atoms with Crippen LogP contribution in [0.15, 0.2) is 30.5 Å². The zero-order valence-electron chi connectivity index (χ0n) is 17.7. The average molecular weight is 421 g/mol. The Labute approximate surface area is 182 Å². The maximum atomic E-state index is 9.19. The van der Waals surface area contributed by atoms with Crippen molar-refractivity contribution in [2.75, 3.05) is 62.8 Å². The van der Waals surface area contributed by atoms with Crippen LogP contribution in [0.25, 0.3) is 0 Å². The second-order valence-electron chi connectivity index (χ2n) is 8.41. The topological polar surface area (TPSA) is 86.5 Å². The molecule has 8 heteroatoms. The van der Waals surface area contributed by atoms with Crippen molar-refractivity contribution in [3.63, 3.8) is 0 Å². The number of pyridine rings is 2. The first-order valence-electron chi connectivity index (χ1n) is 11.1. The smallest absolute Gasteiger partial charge is 0.134 e. The van der Waals surface area contributed by atoms with Crippen LogP contribution in [0.2, 0.25) is 0 Å². The third kappa shape index (κ3) is 4.64. The van der Waals surface area contributed by atoms with Gasteiger partial charge >= 0.3 is 0 Å². The number of rotatable bonds is 5. The number of hydrogen-bond acceptors (Lipinski definition) is 8. The molecular formula is C23H28N6O2. The molecule has 162 valence electrons. The molecule has 0 atom stereocenters. The van der Waals surface area contributed by atoms with Gasteiger partial charge in [0.2, 0.25) is 0 Å². The fourth-order valence-electron chi connectivity index (χ4n) is 4.52. The molecule has 3 aliphatic rings. The Morgan fingerprint density at radius 1 is 1.00 bits per heavy atom. The number of nitriles is 1. The normalized spacial score (nSPS) is 20.8. The largest absolute Gasteiger partial charge is 0.378 e. The van der Waals surface area contributed by atoms with Gasteiger partial charge in [-0.25, -0.2) is 9.97 Å². The van der Waals surface area contributed by atoms with Gasteiger partial charge in [-0.2, -0.15) is 5.26 Å². The molecule has 0 amide bonds. The maximum Gasteiger partial charge on any atom is 0.134 e. The predicted molar refractivity (Wildman–Crippen MR) is 118 cm³/mol. The number of nitrogens with one attached hydrogen (secondary N) is 1. The number of hydrogen-bond donors (Lipinski definition) is 1. The lowest BCUT2D eigenvalue weighted by Gasteiger charge is -2.41. The minimum Gasteiger partial charge on any atom is -0.378 e. The summed E-state index contributed by atoms with van der Waals surface area (Å²) in [6.45, 7) is 7.12. The third-order valence-corrected chi connectivity index (χ3v) is 6.45. The van der Waals surface area contributed by atoms with Crippen molar-refractivity contribution in [3.05, 3.63) is 41.6 Å². The van der Waals surface area contributed by atoms with Crippen molar-refractivity contribution in [1.82, 2.24) is 14.9 Å². The van der Waals surface area contributed by atoms with Crippen LogP contribution in [-0.2, 0) is 9.47 Å². The van der Waals surface area contributed by atoms with E-state index < -0.39 is 0 Å². The van der Waals surface area contributed by atoms with E-state index in [-0.39, 0.29) is 0 Å². The quantitative estimate of drug-likeness (QED) is 0.790. The summed E-state index contributed by atoms with van der Waals surface area (Å²) in [4.78, 5) is 14.1. The lowest BCUT2D eigenvalue weighted by Crippen LogP contribution is -2.51. The van der Waals surface area contributed by atoms with Crippen LogP contribution in [0.1, 0.15) is 29.9 Å². The Morgan fingerprint density at radius 3 is 2.52 bits per heavy atom. The van der Waals surface area contributed by atoms with Gasteiger partial charge in [0, 0.05) is 19.3 Å². The highest BCUT2D eigenvalue weighted by Crippen LogP contribution is 2.33. The van der Waals surface area contributed by atoms with Gasteiger partial charge in [0.25, 0.3) is 0 Å². The summed E-state index contributed by atoms with van der Waals surface area (Å²) >= 11 is 0. The summed E-state index contributed by atoms with van der Waals surface area (Å²) in [6.07, 6.45) is 3.93. The van der Waals surface area contributed by atoms with Crippen LogP contribution in [0, 0.1) is 11.3 Å². The molecule has 0 bridgehead atoms. The summed E-state index contributed by atoms with van der Waals surface area (Å²) < 4.78 is 10.9. The number of ether oxygens (including phenoxy) is 2. The summed E-state index contributed by atoms with van der Waals surface area (Å²) in [5, 5.41) is 12.5. The molecule has 0 saturated carbocycles. The lowest BCUT2D eigenvalue weighted by atomic mass is 9.89. The zero-order valence-corrected chi connectivity index (χ0v) is 17.7. The van der Waals surface area contributed by atoms with E-state index in [9.17, 15) is 5.26 Å². The van der Waals surface area contributed by atoms with E-state index in [0.29, 0.717) is 23.3 Å². The summed E-state index contributed by atoms with van der Waals surface area (Å²) in [6, 6.07) is 10.6. The third-order valence-electron chi connectivity index (χ3n) is 6.45. The fourth-order valence-corrected chi connectivity index (χ4v) is 4.52. The second kappa shape index (κ2) is 9.18. The highest BCUT2D eigenvalue weighted by Gasteiger charge is 2.30. The first kappa shape index (κ1) is 20.2. The Kier molecular flexibility index (Phi) is 5.98. The summed E-state index contributed by atoms with van der Waals surface area (Å²) in [5.74, 6) is 2.90. The Hall–Kier alpha value is -2.73. The van der Waals surface area contributed by atoms with Gasteiger partial charge < -0.3 is 19.7 Å². The molecule has 3 aliphatic heterocycles.